The summed E-state index contributed by atoms with van der Waals surface area (Å²) in [7, 11) is 0. The summed E-state index contributed by atoms with van der Waals surface area (Å²) >= 11 is 0. The van der Waals surface area contributed by atoms with Crippen molar-refractivity contribution in [3.8, 4) is 22.3 Å². The van der Waals surface area contributed by atoms with Gasteiger partial charge in [0.2, 0.25) is 0 Å². The molecule has 0 N–H and O–H groups in total. The fourth-order valence-corrected chi connectivity index (χ4v) is 12.6. The lowest BCUT2D eigenvalue weighted by Gasteiger charge is -2.26. The van der Waals surface area contributed by atoms with Crippen LogP contribution in [0.1, 0.15) is 98.4 Å². The highest BCUT2D eigenvalue weighted by molar-refractivity contribution is 6.26. The number of para-hydroxylation sites is 2. The third kappa shape index (κ3) is 11.0. The second-order valence-electron chi connectivity index (χ2n) is 26.1. The van der Waals surface area contributed by atoms with Gasteiger partial charge in [0.25, 0.3) is 0 Å². The molecule has 0 saturated carbocycles. The molecule has 2 heterocycles. The highest BCUT2D eigenvalue weighted by Gasteiger charge is 2.27. The van der Waals surface area contributed by atoms with Crippen LogP contribution >= 0.6 is 0 Å². The van der Waals surface area contributed by atoms with Crippen LogP contribution in [0.4, 0.5) is 34.1 Å². The number of aromatic nitrogens is 5. The van der Waals surface area contributed by atoms with Gasteiger partial charge >= 0.3 is 0 Å². The number of nitrogens with zero attached hydrogens (tertiary/aromatic N) is 7. The number of carbonyl (C=O) groups is 2. The van der Waals surface area contributed by atoms with E-state index in [1.165, 1.54) is 11.1 Å². The van der Waals surface area contributed by atoms with E-state index < -0.39 is 0 Å². The summed E-state index contributed by atoms with van der Waals surface area (Å²) in [6, 6.07) is 86.5. The molecule has 0 amide bonds. The fourth-order valence-electron chi connectivity index (χ4n) is 12.6. The van der Waals surface area contributed by atoms with Crippen LogP contribution in [-0.2, 0) is 17.4 Å². The van der Waals surface area contributed by atoms with Crippen molar-refractivity contribution in [1.82, 2.24) is 25.0 Å². The van der Waals surface area contributed by atoms with Crippen molar-refractivity contribution in [2.75, 3.05) is 9.80 Å². The first-order valence-corrected chi connectivity index (χ1v) is 31.3. The van der Waals surface area contributed by atoms with Crippen LogP contribution in [0.15, 0.2) is 255 Å². The molecule has 0 aliphatic carbocycles. The zero-order valence-corrected chi connectivity index (χ0v) is 52.5. The highest BCUT2D eigenvalue weighted by Crippen LogP contribution is 2.46. The van der Waals surface area contributed by atoms with Gasteiger partial charge in [-0.15, -0.1) is 0 Å². The molecule has 0 atom stereocenters. The van der Waals surface area contributed by atoms with Gasteiger partial charge in [0.1, 0.15) is 22.1 Å². The van der Waals surface area contributed by atoms with Crippen molar-refractivity contribution in [1.29, 1.82) is 0 Å². The van der Waals surface area contributed by atoms with Gasteiger partial charge in [0.15, 0.2) is 11.6 Å². The maximum absolute atomic E-state index is 13.9. The standard InChI is InChI=1S/C82H69N7O2/c1-52(2)51-87-85-77-71(53-31-43-63(44-32-53)88(61-19-11-9-12-20-61)65-47-35-57(36-48-65)79(90)55-27-39-59(40-28-55)81(3,4)5)75-76(84-74-70-26-18-16-24-68(70)67-23-15-17-25-69(67)73(74)83-75)72(78(77)86-87)54-33-45-64(46-34-54)89(62-21-13-10-14-22-62)66-49-37-58(38-50-66)80(91)56-29-41-60(42-30-56)82(6,7)8/h9-50,52H,51H2,1-8H3. The van der Waals surface area contributed by atoms with E-state index >= 15 is 0 Å². The van der Waals surface area contributed by atoms with Crippen LogP contribution in [0.25, 0.3) is 76.9 Å². The molecule has 91 heavy (non-hydrogen) atoms. The number of hydrogen-bond acceptors (Lipinski definition) is 8. The molecule has 12 aromatic carbocycles. The first-order chi connectivity index (χ1) is 44.0. The van der Waals surface area contributed by atoms with E-state index in [0.717, 1.165) is 100.0 Å². The van der Waals surface area contributed by atoms with E-state index in [4.69, 9.17) is 20.2 Å². The van der Waals surface area contributed by atoms with Crippen molar-refractivity contribution in [3.05, 3.63) is 288 Å². The van der Waals surface area contributed by atoms with Crippen LogP contribution in [0.5, 0.6) is 0 Å². The highest BCUT2D eigenvalue weighted by atomic mass is 16.1. The van der Waals surface area contributed by atoms with Gasteiger partial charge in [-0.2, -0.15) is 15.0 Å². The SMILES string of the molecule is CC(C)Cn1nc2c(-c3ccc(N(c4ccccc4)c4ccc(C(=O)c5ccc(C(C)(C)C)cc5)cc4)cc3)c3nc4c5ccccc5c5ccccc5c4nc3c(-c3ccc(N(c4ccccc4)c4ccc(C(=O)c5ccc(C(C)(C)C)cc5)cc4)cc3)c2n1. The molecule has 0 aliphatic heterocycles. The lowest BCUT2D eigenvalue weighted by Crippen LogP contribution is -2.12. The minimum Gasteiger partial charge on any atom is -0.311 e. The Labute approximate surface area is 530 Å². The van der Waals surface area contributed by atoms with Crippen LogP contribution in [0, 0.1) is 5.92 Å². The van der Waals surface area contributed by atoms with E-state index in [2.05, 4.69) is 211 Å². The third-order valence-electron chi connectivity index (χ3n) is 17.3. The molecule has 14 aromatic rings. The molecule has 14 rings (SSSR count). The number of carbonyl (C=O) groups excluding carboxylic acids is 2. The summed E-state index contributed by atoms with van der Waals surface area (Å²) in [5.41, 5.74) is 18.5. The van der Waals surface area contributed by atoms with Crippen LogP contribution in [-0.4, -0.2) is 36.5 Å². The molecule has 0 spiro atoms. The first kappa shape index (κ1) is 57.8. The molecule has 0 saturated heterocycles. The maximum atomic E-state index is 13.9. The predicted octanol–water partition coefficient (Wildman–Crippen LogP) is 20.8. The molecule has 444 valence electrons. The number of fused-ring (bicyclic) bond motifs is 8. The molecule has 2 aromatic heterocycles. The van der Waals surface area contributed by atoms with Gasteiger partial charge in [-0.25, -0.2) is 9.97 Å². The van der Waals surface area contributed by atoms with Crippen LogP contribution in [0.2, 0.25) is 0 Å². The zero-order valence-electron chi connectivity index (χ0n) is 52.5. The van der Waals surface area contributed by atoms with E-state index in [0.29, 0.717) is 39.8 Å². The fraction of sp³-hybridized carbons (Fsp3) is 0.146. The number of ketones is 2. The number of rotatable bonds is 14. The van der Waals surface area contributed by atoms with Crippen molar-refractivity contribution in [3.63, 3.8) is 0 Å². The predicted molar refractivity (Wildman–Crippen MR) is 375 cm³/mol. The van der Waals surface area contributed by atoms with Gasteiger partial charge in [0, 0.05) is 78.3 Å². The Bertz CT molecular complexity index is 4730. The Morgan fingerprint density at radius 3 is 0.945 bits per heavy atom. The average Bonchev–Trinajstić information content (AvgIpc) is 1.72. The summed E-state index contributed by atoms with van der Waals surface area (Å²) in [5.74, 6) is 0.215. The molecular weight excluding hydrogens is 1110 g/mol. The van der Waals surface area contributed by atoms with Gasteiger partial charge in [-0.1, -0.05) is 213 Å². The summed E-state index contributed by atoms with van der Waals surface area (Å²) in [5, 5.41) is 15.1. The topological polar surface area (TPSA) is 97.1 Å². The number of benzene rings is 12. The summed E-state index contributed by atoms with van der Waals surface area (Å²) in [6.07, 6.45) is 0. The zero-order chi connectivity index (χ0) is 62.7. The second-order valence-corrected chi connectivity index (χ2v) is 26.1. The van der Waals surface area contributed by atoms with Crippen LogP contribution < -0.4 is 9.80 Å². The van der Waals surface area contributed by atoms with Crippen molar-refractivity contribution < 1.29 is 9.59 Å². The summed E-state index contributed by atoms with van der Waals surface area (Å²) < 4.78 is 0. The van der Waals surface area contributed by atoms with E-state index in [1.54, 1.807) is 0 Å². The molecule has 0 unspecified atom stereocenters. The molecular formula is C82H69N7O2. The Kier molecular flexibility index (Phi) is 14.8. The Morgan fingerprint density at radius 2 is 0.626 bits per heavy atom. The Morgan fingerprint density at radius 1 is 0.341 bits per heavy atom. The number of hydrogen-bond donors (Lipinski definition) is 0. The Hall–Kier alpha value is -10.9. The first-order valence-electron chi connectivity index (χ1n) is 31.3. The van der Waals surface area contributed by atoms with E-state index in [9.17, 15) is 9.59 Å². The molecule has 0 radical (unpaired) electrons. The van der Waals surface area contributed by atoms with Crippen LogP contribution in [0.3, 0.4) is 0 Å². The second kappa shape index (κ2) is 23.2. The van der Waals surface area contributed by atoms with Gasteiger partial charge in [-0.3, -0.25) is 9.59 Å². The Balaban J connectivity index is 0.909. The largest absolute Gasteiger partial charge is 0.311 e. The quantitative estimate of drug-likeness (QED) is 0.0603. The van der Waals surface area contributed by atoms with E-state index in [1.807, 2.05) is 114 Å². The monoisotopic (exact) mass is 1180 g/mol. The van der Waals surface area contributed by atoms with Crippen molar-refractivity contribution in [2.45, 2.75) is 72.8 Å². The number of anilines is 6. The normalized spacial score (nSPS) is 12.0. The average molecular weight is 1180 g/mol. The molecule has 0 fully saturated rings. The minimum absolute atomic E-state index is 0.0137. The van der Waals surface area contributed by atoms with Gasteiger partial charge < -0.3 is 9.80 Å². The van der Waals surface area contributed by atoms with Gasteiger partial charge in [0.05, 0.1) is 17.6 Å². The summed E-state index contributed by atoms with van der Waals surface area (Å²) in [6.45, 7) is 18.0. The smallest absolute Gasteiger partial charge is 0.193 e. The van der Waals surface area contributed by atoms with E-state index in [-0.39, 0.29) is 28.3 Å². The molecule has 0 bridgehead atoms. The lowest BCUT2D eigenvalue weighted by molar-refractivity contribution is 0.103. The molecule has 0 aliphatic rings. The lowest BCUT2D eigenvalue weighted by atomic mass is 9.86. The van der Waals surface area contributed by atoms with Gasteiger partial charge in [-0.05, 0) is 147 Å². The minimum atomic E-state index is -0.0203. The maximum Gasteiger partial charge on any atom is 0.193 e. The van der Waals surface area contributed by atoms with Crippen molar-refractivity contribution >= 4 is 100 Å². The van der Waals surface area contributed by atoms with Crippen molar-refractivity contribution in [2.24, 2.45) is 5.92 Å². The molecule has 9 heteroatoms. The molecule has 9 nitrogen and oxygen atoms in total. The third-order valence-corrected chi connectivity index (χ3v) is 17.3. The summed E-state index contributed by atoms with van der Waals surface area (Å²) in [4.78, 5) is 45.7.